The first-order valence-electron chi connectivity index (χ1n) is 12.3. The van der Waals surface area contributed by atoms with Crippen LogP contribution in [0.1, 0.15) is 37.5 Å². The van der Waals surface area contributed by atoms with E-state index in [0.717, 1.165) is 36.4 Å². The Morgan fingerprint density at radius 2 is 0.932 bits per heavy atom. The number of aliphatic hydroxyl groups excluding tert-OH is 1. The van der Waals surface area contributed by atoms with Crippen LogP contribution in [-0.4, -0.2) is 100 Å². The standard InChI is InChI=1S/C27H24O17/c28-12-1-9(2-13(29)21(12)34)24(37)41-8-20-18(42-25(38)10-3-14(30)22(35)15(31)4-10)7-19(27(40)44-20)43-26(39)11-5-16(32)23(36)17(33)6-11/h1-6,18-20,27-36,40H,7-8H2/t18-,19+,20+,27-/m0/s1. The molecule has 10 N–H and O–H groups in total. The van der Waals surface area contributed by atoms with Gasteiger partial charge in [-0.05, 0) is 36.4 Å². The first kappa shape index (κ1) is 31.1. The van der Waals surface area contributed by atoms with Crippen molar-refractivity contribution in [3.63, 3.8) is 0 Å². The highest BCUT2D eigenvalue weighted by molar-refractivity contribution is 5.92. The zero-order valence-electron chi connectivity index (χ0n) is 22.0. The first-order chi connectivity index (χ1) is 20.7. The third-order valence-electron chi connectivity index (χ3n) is 6.32. The number of carbonyl (C=O) groups excluding carboxylic acids is 3. The smallest absolute Gasteiger partial charge is 0.338 e. The van der Waals surface area contributed by atoms with Gasteiger partial charge in [-0.1, -0.05) is 0 Å². The predicted molar refractivity (Wildman–Crippen MR) is 138 cm³/mol. The van der Waals surface area contributed by atoms with Crippen LogP contribution in [0.25, 0.3) is 0 Å². The van der Waals surface area contributed by atoms with Crippen molar-refractivity contribution >= 4 is 17.9 Å². The van der Waals surface area contributed by atoms with Gasteiger partial charge < -0.3 is 70.0 Å². The number of rotatable bonds is 7. The van der Waals surface area contributed by atoms with Gasteiger partial charge in [0.25, 0.3) is 0 Å². The van der Waals surface area contributed by atoms with Gasteiger partial charge in [-0.3, -0.25) is 0 Å². The van der Waals surface area contributed by atoms with Gasteiger partial charge in [0.15, 0.2) is 64.1 Å². The maximum Gasteiger partial charge on any atom is 0.338 e. The minimum absolute atomic E-state index is 0.412. The summed E-state index contributed by atoms with van der Waals surface area (Å²) in [7, 11) is 0. The molecular weight excluding hydrogens is 596 g/mol. The van der Waals surface area contributed by atoms with E-state index >= 15 is 0 Å². The zero-order chi connectivity index (χ0) is 32.5. The minimum atomic E-state index is -1.93. The van der Waals surface area contributed by atoms with Gasteiger partial charge >= 0.3 is 17.9 Å². The molecule has 234 valence electrons. The fourth-order valence-electron chi connectivity index (χ4n) is 4.05. The number of benzene rings is 3. The zero-order valence-corrected chi connectivity index (χ0v) is 22.0. The van der Waals surface area contributed by atoms with Crippen LogP contribution in [0.15, 0.2) is 36.4 Å². The lowest BCUT2D eigenvalue weighted by molar-refractivity contribution is -0.250. The molecule has 1 heterocycles. The van der Waals surface area contributed by atoms with Crippen LogP contribution in [0.3, 0.4) is 0 Å². The largest absolute Gasteiger partial charge is 0.504 e. The Morgan fingerprint density at radius 3 is 1.32 bits per heavy atom. The Labute approximate surface area is 245 Å². The number of ether oxygens (including phenoxy) is 4. The SMILES string of the molecule is O=C(OC[C@H]1O[C@H](O)[C@H](OC(=O)c2cc(O)c(O)c(O)c2)C[C@@H]1OC(=O)c1cc(O)c(O)c(O)c1)c1cc(O)c(O)c(O)c1. The molecule has 0 aromatic heterocycles. The van der Waals surface area contributed by atoms with Crippen molar-refractivity contribution in [2.45, 2.75) is 31.0 Å². The maximum atomic E-state index is 12.9. The molecule has 0 saturated carbocycles. The summed E-state index contributed by atoms with van der Waals surface area (Å²) in [5, 5.41) is 97.2. The van der Waals surface area contributed by atoms with E-state index in [4.69, 9.17) is 18.9 Å². The van der Waals surface area contributed by atoms with E-state index in [2.05, 4.69) is 0 Å². The van der Waals surface area contributed by atoms with Crippen molar-refractivity contribution in [3.05, 3.63) is 53.1 Å². The first-order valence-corrected chi connectivity index (χ1v) is 12.3. The Morgan fingerprint density at radius 1 is 0.591 bits per heavy atom. The van der Waals surface area contributed by atoms with Gasteiger partial charge in [0.2, 0.25) is 0 Å². The summed E-state index contributed by atoms with van der Waals surface area (Å²) in [5.74, 6) is -11.5. The van der Waals surface area contributed by atoms with Crippen LogP contribution in [0.4, 0.5) is 0 Å². The number of phenols is 9. The molecule has 0 spiro atoms. The van der Waals surface area contributed by atoms with Crippen molar-refractivity contribution in [1.29, 1.82) is 0 Å². The third kappa shape index (κ3) is 6.48. The summed E-state index contributed by atoms with van der Waals surface area (Å²) in [6, 6.07) is 4.60. The monoisotopic (exact) mass is 620 g/mol. The topological polar surface area (TPSA) is 290 Å². The predicted octanol–water partition coefficient (Wildman–Crippen LogP) is 0.752. The summed E-state index contributed by atoms with van der Waals surface area (Å²) in [5.41, 5.74) is -1.33. The number of phenolic OH excluding ortho intramolecular Hbond substituents is 9. The van der Waals surface area contributed by atoms with E-state index < -0.39 is 124 Å². The highest BCUT2D eigenvalue weighted by Crippen LogP contribution is 2.38. The Bertz CT molecular complexity index is 1550. The summed E-state index contributed by atoms with van der Waals surface area (Å²) in [6.45, 7) is -0.747. The Kier molecular flexibility index (Phi) is 8.63. The molecule has 1 aliphatic heterocycles. The molecule has 3 aromatic rings. The van der Waals surface area contributed by atoms with Gasteiger partial charge in [-0.25, -0.2) is 14.4 Å². The van der Waals surface area contributed by atoms with Crippen LogP contribution in [0.2, 0.25) is 0 Å². The molecule has 3 aromatic carbocycles. The summed E-state index contributed by atoms with van der Waals surface area (Å²) < 4.78 is 21.0. The lowest BCUT2D eigenvalue weighted by Gasteiger charge is -2.38. The highest BCUT2D eigenvalue weighted by Gasteiger charge is 2.43. The molecule has 0 radical (unpaired) electrons. The fourth-order valence-corrected chi connectivity index (χ4v) is 4.05. The fraction of sp³-hybridized carbons (Fsp3) is 0.222. The van der Waals surface area contributed by atoms with E-state index in [1.165, 1.54) is 0 Å². The van der Waals surface area contributed by atoms with Crippen molar-refractivity contribution in [1.82, 2.24) is 0 Å². The van der Waals surface area contributed by atoms with Crippen molar-refractivity contribution in [3.8, 4) is 51.7 Å². The van der Waals surface area contributed by atoms with Crippen LogP contribution in [-0.2, 0) is 18.9 Å². The second kappa shape index (κ2) is 12.2. The lowest BCUT2D eigenvalue weighted by atomic mass is 10.0. The average Bonchev–Trinajstić information content (AvgIpc) is 2.96. The summed E-state index contributed by atoms with van der Waals surface area (Å²) in [4.78, 5) is 38.0. The van der Waals surface area contributed by atoms with Gasteiger partial charge in [0.1, 0.15) is 18.8 Å². The average molecular weight is 620 g/mol. The molecule has 1 fully saturated rings. The second-order valence-electron chi connectivity index (χ2n) is 9.38. The van der Waals surface area contributed by atoms with E-state index in [1.807, 2.05) is 0 Å². The number of aromatic hydroxyl groups is 9. The maximum absolute atomic E-state index is 12.9. The van der Waals surface area contributed by atoms with Crippen molar-refractivity contribution in [2.75, 3.05) is 6.61 Å². The number of hydrogen-bond acceptors (Lipinski definition) is 17. The highest BCUT2D eigenvalue weighted by atomic mass is 16.7. The van der Waals surface area contributed by atoms with Gasteiger partial charge in [-0.2, -0.15) is 0 Å². The molecule has 44 heavy (non-hydrogen) atoms. The number of esters is 3. The molecular formula is C27H24O17. The van der Waals surface area contributed by atoms with Gasteiger partial charge in [0, 0.05) is 6.42 Å². The molecule has 0 amide bonds. The van der Waals surface area contributed by atoms with Crippen LogP contribution in [0, 0.1) is 0 Å². The van der Waals surface area contributed by atoms with E-state index in [-0.39, 0.29) is 0 Å². The summed E-state index contributed by atoms with van der Waals surface area (Å²) in [6.07, 6.45) is -6.99. The Balaban J connectivity index is 1.55. The number of carbonyl (C=O) groups is 3. The van der Waals surface area contributed by atoms with E-state index in [0.29, 0.717) is 0 Å². The molecule has 1 aliphatic rings. The molecule has 0 bridgehead atoms. The van der Waals surface area contributed by atoms with E-state index in [1.54, 1.807) is 0 Å². The normalized spacial score (nSPS) is 19.6. The molecule has 4 rings (SSSR count). The van der Waals surface area contributed by atoms with Crippen LogP contribution >= 0.6 is 0 Å². The van der Waals surface area contributed by atoms with Crippen LogP contribution < -0.4 is 0 Å². The van der Waals surface area contributed by atoms with Crippen LogP contribution in [0.5, 0.6) is 51.7 Å². The molecule has 17 nitrogen and oxygen atoms in total. The number of aliphatic hydroxyl groups is 1. The van der Waals surface area contributed by atoms with Crippen molar-refractivity contribution in [2.24, 2.45) is 0 Å². The number of hydrogen-bond donors (Lipinski definition) is 10. The van der Waals surface area contributed by atoms with Gasteiger partial charge in [-0.15, -0.1) is 0 Å². The second-order valence-corrected chi connectivity index (χ2v) is 9.38. The lowest BCUT2D eigenvalue weighted by Crippen LogP contribution is -2.52. The minimum Gasteiger partial charge on any atom is -0.504 e. The molecule has 4 atom stereocenters. The summed E-state index contributed by atoms with van der Waals surface area (Å²) >= 11 is 0. The van der Waals surface area contributed by atoms with Crippen molar-refractivity contribution < 1.29 is 84.4 Å². The quantitative estimate of drug-likeness (QED) is 0.0990. The van der Waals surface area contributed by atoms with Gasteiger partial charge in [0.05, 0.1) is 16.7 Å². The molecule has 1 saturated heterocycles. The van der Waals surface area contributed by atoms with E-state index in [9.17, 15) is 65.4 Å². The Hall–Kier alpha value is -5.81. The molecule has 0 unspecified atom stereocenters. The third-order valence-corrected chi connectivity index (χ3v) is 6.32. The molecule has 0 aliphatic carbocycles. The molecule has 17 heteroatoms.